The fourth-order valence-corrected chi connectivity index (χ4v) is 3.49. The maximum atomic E-state index is 12.4. The van der Waals surface area contributed by atoms with E-state index in [0.29, 0.717) is 35.8 Å². The van der Waals surface area contributed by atoms with Gasteiger partial charge in [0.2, 0.25) is 0 Å². The summed E-state index contributed by atoms with van der Waals surface area (Å²) in [6.45, 7) is 8.48. The topological polar surface area (TPSA) is 77.0 Å². The molecule has 140 valence electrons. The number of rotatable bonds is 8. The largest absolute Gasteiger partial charge is 0.490 e. The van der Waals surface area contributed by atoms with Crippen LogP contribution in [0, 0.1) is 13.8 Å². The van der Waals surface area contributed by atoms with Crippen LogP contribution in [0.5, 0.6) is 11.5 Å². The first-order valence-electron chi connectivity index (χ1n) is 8.39. The maximum absolute atomic E-state index is 12.4. The Balaban J connectivity index is 2.17. The molecule has 0 fully saturated rings. The highest BCUT2D eigenvalue weighted by Crippen LogP contribution is 2.28. The van der Waals surface area contributed by atoms with Gasteiger partial charge in [0.1, 0.15) is 0 Å². The Morgan fingerprint density at radius 3 is 2.35 bits per heavy atom. The molecule has 2 aromatic rings. The fraction of sp³-hybridized carbons (Fsp3) is 0.316. The number of sulfonamides is 1. The van der Waals surface area contributed by atoms with Crippen LogP contribution in [-0.2, 0) is 10.0 Å². The number of benzene rings is 2. The number of hydrogen-bond acceptors (Lipinski definition) is 5. The van der Waals surface area contributed by atoms with Gasteiger partial charge in [-0.1, -0.05) is 17.7 Å². The van der Waals surface area contributed by atoms with Gasteiger partial charge in [0.25, 0.3) is 10.0 Å². The average molecular weight is 376 g/mol. The molecule has 0 radical (unpaired) electrons. The zero-order chi connectivity index (χ0) is 19.2. The Kier molecular flexibility index (Phi) is 6.63. The van der Waals surface area contributed by atoms with Crippen molar-refractivity contribution in [2.75, 3.05) is 13.2 Å². The molecule has 0 atom stereocenters. The minimum atomic E-state index is -3.72. The average Bonchev–Trinajstić information content (AvgIpc) is 2.57. The molecule has 0 aliphatic heterocycles. The van der Waals surface area contributed by atoms with Crippen molar-refractivity contribution in [1.82, 2.24) is 4.83 Å². The van der Waals surface area contributed by atoms with Crippen LogP contribution in [0.1, 0.15) is 30.5 Å². The molecule has 0 heterocycles. The van der Waals surface area contributed by atoms with Gasteiger partial charge in [0.05, 0.1) is 24.3 Å². The molecule has 0 bridgehead atoms. The molecule has 0 aliphatic carbocycles. The van der Waals surface area contributed by atoms with Crippen LogP contribution >= 0.6 is 0 Å². The summed E-state index contributed by atoms with van der Waals surface area (Å²) >= 11 is 0. The Hall–Kier alpha value is -2.54. The Bertz CT molecular complexity index is 892. The van der Waals surface area contributed by atoms with Crippen molar-refractivity contribution in [3.8, 4) is 11.5 Å². The minimum absolute atomic E-state index is 0.210. The monoisotopic (exact) mass is 376 g/mol. The minimum Gasteiger partial charge on any atom is -0.490 e. The highest BCUT2D eigenvalue weighted by Gasteiger charge is 2.15. The summed E-state index contributed by atoms with van der Waals surface area (Å²) in [4.78, 5) is 2.46. The SMILES string of the molecule is CCOc1ccc(/C=N/NS(=O)(=O)c2ccc(C)cc2C)cc1OCC. The summed E-state index contributed by atoms with van der Waals surface area (Å²) in [7, 11) is -3.72. The number of ether oxygens (including phenoxy) is 2. The van der Waals surface area contributed by atoms with Crippen molar-refractivity contribution < 1.29 is 17.9 Å². The Labute approximate surface area is 154 Å². The first-order chi connectivity index (χ1) is 12.4. The van der Waals surface area contributed by atoms with Crippen LogP contribution in [0.4, 0.5) is 0 Å². The first kappa shape index (κ1) is 19.8. The van der Waals surface area contributed by atoms with E-state index in [0.717, 1.165) is 5.56 Å². The van der Waals surface area contributed by atoms with Crippen molar-refractivity contribution >= 4 is 16.2 Å². The first-order valence-corrected chi connectivity index (χ1v) is 9.87. The molecular formula is C19H24N2O4S. The van der Waals surface area contributed by atoms with E-state index in [-0.39, 0.29) is 4.90 Å². The highest BCUT2D eigenvalue weighted by atomic mass is 32.2. The van der Waals surface area contributed by atoms with Crippen LogP contribution in [0.3, 0.4) is 0 Å². The van der Waals surface area contributed by atoms with Gasteiger partial charge in [-0.15, -0.1) is 0 Å². The van der Waals surface area contributed by atoms with Crippen LogP contribution in [0.2, 0.25) is 0 Å². The lowest BCUT2D eigenvalue weighted by molar-refractivity contribution is 0.288. The summed E-state index contributed by atoms with van der Waals surface area (Å²) in [6, 6.07) is 10.5. The van der Waals surface area contributed by atoms with Gasteiger partial charge in [-0.2, -0.15) is 13.5 Å². The maximum Gasteiger partial charge on any atom is 0.276 e. The number of hydrazone groups is 1. The summed E-state index contributed by atoms with van der Waals surface area (Å²) in [5.74, 6) is 1.23. The molecule has 0 amide bonds. The lowest BCUT2D eigenvalue weighted by atomic mass is 10.2. The third-order valence-electron chi connectivity index (χ3n) is 3.57. The molecule has 1 N–H and O–H groups in total. The lowest BCUT2D eigenvalue weighted by Gasteiger charge is -2.11. The van der Waals surface area contributed by atoms with E-state index < -0.39 is 10.0 Å². The Morgan fingerprint density at radius 1 is 1.00 bits per heavy atom. The molecular weight excluding hydrogens is 352 g/mol. The predicted octanol–water partition coefficient (Wildman–Crippen LogP) is 3.41. The van der Waals surface area contributed by atoms with Crippen LogP contribution in [0.25, 0.3) is 0 Å². The Morgan fingerprint density at radius 2 is 1.69 bits per heavy atom. The second-order valence-corrected chi connectivity index (χ2v) is 7.32. The van der Waals surface area contributed by atoms with Crippen molar-refractivity contribution in [3.05, 3.63) is 53.1 Å². The van der Waals surface area contributed by atoms with Gasteiger partial charge in [0.15, 0.2) is 11.5 Å². The number of aryl methyl sites for hydroxylation is 2. The summed E-state index contributed by atoms with van der Waals surface area (Å²) in [5, 5.41) is 3.87. The van der Waals surface area contributed by atoms with Gasteiger partial charge in [-0.3, -0.25) is 0 Å². The molecule has 6 nitrogen and oxygen atoms in total. The number of nitrogens with one attached hydrogen (secondary N) is 1. The van der Waals surface area contributed by atoms with Crippen molar-refractivity contribution in [3.63, 3.8) is 0 Å². The smallest absolute Gasteiger partial charge is 0.276 e. The van der Waals surface area contributed by atoms with E-state index in [9.17, 15) is 8.42 Å². The molecule has 26 heavy (non-hydrogen) atoms. The molecule has 0 unspecified atom stereocenters. The van der Waals surface area contributed by atoms with Crippen LogP contribution < -0.4 is 14.3 Å². The molecule has 0 aliphatic rings. The van der Waals surface area contributed by atoms with Crippen molar-refractivity contribution in [2.45, 2.75) is 32.6 Å². The van der Waals surface area contributed by atoms with Gasteiger partial charge in [-0.25, -0.2) is 4.83 Å². The van der Waals surface area contributed by atoms with E-state index in [1.54, 1.807) is 37.3 Å². The van der Waals surface area contributed by atoms with E-state index in [1.807, 2.05) is 26.8 Å². The van der Waals surface area contributed by atoms with Gasteiger partial charge in [-0.05, 0) is 63.1 Å². The lowest BCUT2D eigenvalue weighted by Crippen LogP contribution is -2.19. The normalized spacial score (nSPS) is 11.5. The molecule has 0 spiro atoms. The van der Waals surface area contributed by atoms with E-state index in [2.05, 4.69) is 9.93 Å². The van der Waals surface area contributed by atoms with Gasteiger partial charge >= 0.3 is 0 Å². The second-order valence-electron chi connectivity index (χ2n) is 5.69. The zero-order valence-corrected chi connectivity index (χ0v) is 16.3. The third kappa shape index (κ3) is 4.98. The quantitative estimate of drug-likeness (QED) is 0.566. The third-order valence-corrected chi connectivity index (χ3v) is 4.96. The molecule has 7 heteroatoms. The molecule has 2 aromatic carbocycles. The fourth-order valence-electron chi connectivity index (χ4n) is 2.47. The summed E-state index contributed by atoms with van der Waals surface area (Å²) in [5.41, 5.74) is 2.37. The highest BCUT2D eigenvalue weighted by molar-refractivity contribution is 7.89. The summed E-state index contributed by atoms with van der Waals surface area (Å²) in [6.07, 6.45) is 1.43. The molecule has 0 aromatic heterocycles. The zero-order valence-electron chi connectivity index (χ0n) is 15.4. The molecule has 2 rings (SSSR count). The number of hydrogen-bond donors (Lipinski definition) is 1. The van der Waals surface area contributed by atoms with Crippen LogP contribution in [0.15, 0.2) is 46.4 Å². The standard InChI is InChI=1S/C19H24N2O4S/c1-5-24-17-9-8-16(12-18(17)25-6-2)13-20-21-26(22,23)19-10-7-14(3)11-15(19)4/h7-13,21H,5-6H2,1-4H3/b20-13+. The van der Waals surface area contributed by atoms with Gasteiger partial charge < -0.3 is 9.47 Å². The van der Waals surface area contributed by atoms with Gasteiger partial charge in [0, 0.05) is 0 Å². The van der Waals surface area contributed by atoms with E-state index >= 15 is 0 Å². The van der Waals surface area contributed by atoms with Crippen molar-refractivity contribution in [1.29, 1.82) is 0 Å². The predicted molar refractivity (Wildman–Crippen MR) is 103 cm³/mol. The van der Waals surface area contributed by atoms with E-state index in [1.165, 1.54) is 6.21 Å². The number of nitrogens with zero attached hydrogens (tertiary/aromatic N) is 1. The molecule has 0 saturated carbocycles. The van der Waals surface area contributed by atoms with E-state index in [4.69, 9.17) is 9.47 Å². The molecule has 0 saturated heterocycles. The van der Waals surface area contributed by atoms with Crippen molar-refractivity contribution in [2.24, 2.45) is 5.10 Å². The second kappa shape index (κ2) is 8.71. The van der Waals surface area contributed by atoms with Crippen LogP contribution in [-0.4, -0.2) is 27.8 Å². The summed E-state index contributed by atoms with van der Waals surface area (Å²) < 4.78 is 35.8.